The molecule has 1 aromatic carbocycles. The number of carbonyl (C=O) groups is 1. The topological polar surface area (TPSA) is 64.8 Å². The zero-order valence-electron chi connectivity index (χ0n) is 12.5. The highest BCUT2D eigenvalue weighted by molar-refractivity contribution is 5.91. The van der Waals surface area contributed by atoms with Crippen molar-refractivity contribution < 1.29 is 18.7 Å². The Balaban J connectivity index is 2.05. The average molecular weight is 290 g/mol. The largest absolute Gasteiger partial charge is 0.493 e. The molecule has 1 heterocycles. The summed E-state index contributed by atoms with van der Waals surface area (Å²) in [4.78, 5) is 17.2. The summed E-state index contributed by atoms with van der Waals surface area (Å²) >= 11 is 0. The monoisotopic (exact) mass is 290 g/mol. The summed E-state index contributed by atoms with van der Waals surface area (Å²) in [5, 5.41) is 0. The zero-order valence-corrected chi connectivity index (χ0v) is 12.5. The van der Waals surface area contributed by atoms with Crippen molar-refractivity contribution in [2.45, 2.75) is 13.5 Å². The molecule has 0 saturated heterocycles. The molecule has 0 atom stereocenters. The lowest BCUT2D eigenvalue weighted by Gasteiger charge is -2.09. The van der Waals surface area contributed by atoms with E-state index in [2.05, 4.69) is 4.98 Å². The highest BCUT2D eigenvalue weighted by atomic mass is 16.5. The summed E-state index contributed by atoms with van der Waals surface area (Å²) in [7, 11) is 4.90. The summed E-state index contributed by atoms with van der Waals surface area (Å²) in [6.45, 7) is 2.10. The molecule has 0 spiro atoms. The molecule has 0 bridgehead atoms. The van der Waals surface area contributed by atoms with Crippen molar-refractivity contribution in [1.29, 1.82) is 0 Å². The summed E-state index contributed by atoms with van der Waals surface area (Å²) < 4.78 is 16.1. The van der Waals surface area contributed by atoms with Crippen LogP contribution in [0.15, 0.2) is 28.9 Å². The fraction of sp³-hybridized carbons (Fsp3) is 0.333. The normalized spacial score (nSPS) is 10.3. The second-order valence-electron chi connectivity index (χ2n) is 4.77. The number of methoxy groups -OCH3 is 1. The van der Waals surface area contributed by atoms with E-state index < -0.39 is 0 Å². The van der Waals surface area contributed by atoms with Crippen LogP contribution in [0.3, 0.4) is 0 Å². The lowest BCUT2D eigenvalue weighted by atomic mass is 10.2. The molecule has 112 valence electrons. The van der Waals surface area contributed by atoms with E-state index in [4.69, 9.17) is 13.9 Å². The minimum Gasteiger partial charge on any atom is -0.493 e. The van der Waals surface area contributed by atoms with Gasteiger partial charge in [0, 0.05) is 14.1 Å². The van der Waals surface area contributed by atoms with E-state index in [1.807, 2.05) is 25.1 Å². The van der Waals surface area contributed by atoms with Crippen molar-refractivity contribution in [2.24, 2.45) is 0 Å². The molecule has 0 aliphatic rings. The third kappa shape index (κ3) is 3.53. The fourth-order valence-electron chi connectivity index (χ4n) is 1.74. The van der Waals surface area contributed by atoms with Crippen LogP contribution in [0.2, 0.25) is 0 Å². The number of benzene rings is 1. The maximum absolute atomic E-state index is 11.7. The molecule has 0 fully saturated rings. The zero-order chi connectivity index (χ0) is 15.4. The highest BCUT2D eigenvalue weighted by Gasteiger charge is 2.14. The van der Waals surface area contributed by atoms with Gasteiger partial charge in [0.15, 0.2) is 23.8 Å². The predicted octanol–water partition coefficient (Wildman–Crippen LogP) is 2.27. The van der Waals surface area contributed by atoms with Crippen LogP contribution in [0.5, 0.6) is 11.5 Å². The molecule has 0 aliphatic heterocycles. The maximum Gasteiger partial charge on any atom is 0.275 e. The van der Waals surface area contributed by atoms with Crippen molar-refractivity contribution in [3.8, 4) is 11.5 Å². The van der Waals surface area contributed by atoms with E-state index in [9.17, 15) is 4.79 Å². The van der Waals surface area contributed by atoms with Gasteiger partial charge in [-0.2, -0.15) is 0 Å². The molecule has 2 rings (SSSR count). The number of rotatable bonds is 5. The Morgan fingerprint density at radius 2 is 2.10 bits per heavy atom. The van der Waals surface area contributed by atoms with E-state index in [1.165, 1.54) is 11.2 Å². The number of carbonyl (C=O) groups excluding carboxylic acids is 1. The van der Waals surface area contributed by atoms with Gasteiger partial charge in [-0.1, -0.05) is 6.07 Å². The van der Waals surface area contributed by atoms with Gasteiger partial charge in [-0.05, 0) is 24.6 Å². The first-order valence-corrected chi connectivity index (χ1v) is 6.44. The average Bonchev–Trinajstić information content (AvgIpc) is 2.93. The molecule has 1 amide bonds. The smallest absolute Gasteiger partial charge is 0.275 e. The van der Waals surface area contributed by atoms with Gasteiger partial charge in [0.05, 0.1) is 7.11 Å². The molecule has 0 aliphatic carbocycles. The summed E-state index contributed by atoms with van der Waals surface area (Å²) in [5.74, 6) is 1.37. The first-order chi connectivity index (χ1) is 10.0. The quantitative estimate of drug-likeness (QED) is 0.845. The van der Waals surface area contributed by atoms with Crippen LogP contribution in [0, 0.1) is 6.92 Å². The van der Waals surface area contributed by atoms with Crippen molar-refractivity contribution in [2.75, 3.05) is 21.2 Å². The van der Waals surface area contributed by atoms with Crippen molar-refractivity contribution in [1.82, 2.24) is 9.88 Å². The molecule has 0 saturated carbocycles. The maximum atomic E-state index is 11.7. The summed E-state index contributed by atoms with van der Waals surface area (Å²) in [6.07, 6.45) is 1.33. The Morgan fingerprint density at radius 1 is 1.33 bits per heavy atom. The van der Waals surface area contributed by atoms with Crippen LogP contribution in [0.1, 0.15) is 21.9 Å². The van der Waals surface area contributed by atoms with Crippen molar-refractivity contribution in [3.05, 3.63) is 41.6 Å². The fourth-order valence-corrected chi connectivity index (χ4v) is 1.74. The molecule has 0 radical (unpaired) electrons. The number of oxazole rings is 1. The van der Waals surface area contributed by atoms with Gasteiger partial charge in [-0.3, -0.25) is 4.79 Å². The SMILES string of the molecule is COc1cc(C)ccc1OCc1nc(C(=O)N(C)C)co1. The molecule has 6 heteroatoms. The molecule has 0 N–H and O–H groups in total. The van der Waals surface area contributed by atoms with Gasteiger partial charge in [0.25, 0.3) is 5.91 Å². The lowest BCUT2D eigenvalue weighted by molar-refractivity contribution is 0.0822. The Hall–Kier alpha value is -2.50. The van der Waals surface area contributed by atoms with E-state index in [0.29, 0.717) is 17.4 Å². The third-order valence-electron chi connectivity index (χ3n) is 2.85. The Labute approximate surface area is 123 Å². The highest BCUT2D eigenvalue weighted by Crippen LogP contribution is 2.28. The first kappa shape index (κ1) is 14.9. The predicted molar refractivity (Wildman–Crippen MR) is 76.6 cm³/mol. The molecular weight excluding hydrogens is 272 g/mol. The summed E-state index contributed by atoms with van der Waals surface area (Å²) in [5.41, 5.74) is 1.34. The first-order valence-electron chi connectivity index (χ1n) is 6.44. The second kappa shape index (κ2) is 6.30. The van der Waals surface area contributed by atoms with Crippen LogP contribution in [0.25, 0.3) is 0 Å². The van der Waals surface area contributed by atoms with Gasteiger partial charge in [-0.25, -0.2) is 4.98 Å². The number of ether oxygens (including phenoxy) is 2. The Bertz CT molecular complexity index is 634. The minimum absolute atomic E-state index is 0.125. The Morgan fingerprint density at radius 3 is 2.76 bits per heavy atom. The van der Waals surface area contributed by atoms with Gasteiger partial charge < -0.3 is 18.8 Å². The van der Waals surface area contributed by atoms with Gasteiger partial charge in [0.2, 0.25) is 5.89 Å². The molecule has 2 aromatic rings. The second-order valence-corrected chi connectivity index (χ2v) is 4.77. The molecular formula is C15H18N2O4. The third-order valence-corrected chi connectivity index (χ3v) is 2.85. The minimum atomic E-state index is -0.210. The van der Waals surface area contributed by atoms with Gasteiger partial charge in [-0.15, -0.1) is 0 Å². The number of hydrogen-bond donors (Lipinski definition) is 0. The molecule has 0 unspecified atom stereocenters. The van der Waals surface area contributed by atoms with Crippen molar-refractivity contribution >= 4 is 5.91 Å². The Kier molecular flexibility index (Phi) is 4.47. The van der Waals surface area contributed by atoms with Gasteiger partial charge in [0.1, 0.15) is 6.26 Å². The number of nitrogens with zero attached hydrogens (tertiary/aromatic N) is 2. The number of amides is 1. The number of aryl methyl sites for hydroxylation is 1. The van der Waals surface area contributed by atoms with Gasteiger partial charge >= 0.3 is 0 Å². The number of aromatic nitrogens is 1. The van der Waals surface area contributed by atoms with Crippen LogP contribution in [0.4, 0.5) is 0 Å². The molecule has 21 heavy (non-hydrogen) atoms. The van der Waals surface area contributed by atoms with Crippen LogP contribution in [-0.4, -0.2) is 37.0 Å². The van der Waals surface area contributed by atoms with E-state index in [0.717, 1.165) is 5.56 Å². The van der Waals surface area contributed by atoms with E-state index in [-0.39, 0.29) is 18.2 Å². The van der Waals surface area contributed by atoms with E-state index in [1.54, 1.807) is 21.2 Å². The van der Waals surface area contributed by atoms with Crippen molar-refractivity contribution in [3.63, 3.8) is 0 Å². The molecule has 1 aromatic heterocycles. The van der Waals surface area contributed by atoms with Crippen LogP contribution in [-0.2, 0) is 6.61 Å². The molecule has 6 nitrogen and oxygen atoms in total. The number of hydrogen-bond acceptors (Lipinski definition) is 5. The lowest BCUT2D eigenvalue weighted by Crippen LogP contribution is -2.22. The van der Waals surface area contributed by atoms with E-state index >= 15 is 0 Å². The van der Waals surface area contributed by atoms with Crippen LogP contribution >= 0.6 is 0 Å². The van der Waals surface area contributed by atoms with Crippen LogP contribution < -0.4 is 9.47 Å². The summed E-state index contributed by atoms with van der Waals surface area (Å²) in [6, 6.07) is 5.63. The standard InChI is InChI=1S/C15H18N2O4/c1-10-5-6-12(13(7-10)19-4)20-9-14-16-11(8-21-14)15(18)17(2)3/h5-8H,9H2,1-4H3.